The van der Waals surface area contributed by atoms with Crippen LogP contribution >= 0.6 is 0 Å². The molecule has 3 atom stereocenters. The highest BCUT2D eigenvalue weighted by atomic mass is 19.1. The van der Waals surface area contributed by atoms with E-state index in [2.05, 4.69) is 22.6 Å². The van der Waals surface area contributed by atoms with Crippen LogP contribution in [0.3, 0.4) is 0 Å². The summed E-state index contributed by atoms with van der Waals surface area (Å²) in [7, 11) is 1.43. The standard InChI is InChI=1S/C26H29F2N3O3/c1-18(33-2)25(32)31-26(19-9-4-3-5-10-19,15-8-16-29-21-11-6-7-12-21)34-24(30-31)22-17-20(27)13-14-23(22)28/h3-6,9-11,13-14,17-18,21,29H,7-8,12,15-16H2,1-2H3/t18-,21?,26?/m0/s1. The van der Waals surface area contributed by atoms with Crippen molar-refractivity contribution >= 4 is 11.8 Å². The fraction of sp³-hybridized carbons (Fsp3) is 0.385. The molecule has 1 aliphatic heterocycles. The third-order valence-electron chi connectivity index (χ3n) is 6.20. The van der Waals surface area contributed by atoms with E-state index in [4.69, 9.17) is 9.47 Å². The van der Waals surface area contributed by atoms with Crippen LogP contribution in [0.5, 0.6) is 0 Å². The lowest BCUT2D eigenvalue weighted by Crippen LogP contribution is -2.48. The number of amides is 1. The first-order chi connectivity index (χ1) is 16.4. The average Bonchev–Trinajstić information content (AvgIpc) is 3.52. The Hall–Kier alpha value is -3.10. The summed E-state index contributed by atoms with van der Waals surface area (Å²) < 4.78 is 40.2. The summed E-state index contributed by atoms with van der Waals surface area (Å²) in [5, 5.41) is 9.10. The number of halogens is 2. The Balaban J connectivity index is 1.69. The van der Waals surface area contributed by atoms with Crippen LogP contribution in [0.25, 0.3) is 0 Å². The molecule has 4 rings (SSSR count). The second-order valence-electron chi connectivity index (χ2n) is 8.48. The first kappa shape index (κ1) is 24.0. The van der Waals surface area contributed by atoms with E-state index in [9.17, 15) is 13.6 Å². The van der Waals surface area contributed by atoms with Gasteiger partial charge in [0.05, 0.1) is 5.56 Å². The van der Waals surface area contributed by atoms with E-state index < -0.39 is 29.4 Å². The molecular formula is C26H29F2N3O3. The number of hydrazone groups is 1. The largest absolute Gasteiger partial charge is 0.443 e. The summed E-state index contributed by atoms with van der Waals surface area (Å²) in [6.45, 7) is 2.31. The number of hydrogen-bond donors (Lipinski definition) is 1. The molecule has 34 heavy (non-hydrogen) atoms. The van der Waals surface area contributed by atoms with Gasteiger partial charge in [-0.1, -0.05) is 42.5 Å². The summed E-state index contributed by atoms with van der Waals surface area (Å²) in [6.07, 6.45) is 6.65. The van der Waals surface area contributed by atoms with E-state index in [1.807, 2.05) is 30.3 Å². The molecule has 1 N–H and O–H groups in total. The normalized spacial score (nSPS) is 22.5. The number of hydrogen-bond acceptors (Lipinski definition) is 5. The third-order valence-corrected chi connectivity index (χ3v) is 6.20. The van der Waals surface area contributed by atoms with Crippen LogP contribution in [0.4, 0.5) is 8.78 Å². The third kappa shape index (κ3) is 4.88. The van der Waals surface area contributed by atoms with Crippen LogP contribution in [-0.4, -0.2) is 42.6 Å². The van der Waals surface area contributed by atoms with Gasteiger partial charge in [-0.25, -0.2) is 8.78 Å². The monoisotopic (exact) mass is 469 g/mol. The Bertz CT molecular complexity index is 1080. The number of carbonyl (C=O) groups excluding carboxylic acids is 1. The Labute approximate surface area is 198 Å². The van der Waals surface area contributed by atoms with Crippen LogP contribution in [-0.2, 0) is 20.0 Å². The molecule has 6 nitrogen and oxygen atoms in total. The second-order valence-corrected chi connectivity index (χ2v) is 8.48. The molecule has 8 heteroatoms. The maximum Gasteiger partial charge on any atom is 0.275 e. The summed E-state index contributed by atoms with van der Waals surface area (Å²) in [6, 6.07) is 12.6. The van der Waals surface area contributed by atoms with E-state index in [0.29, 0.717) is 31.0 Å². The second kappa shape index (κ2) is 10.4. The quantitative estimate of drug-likeness (QED) is 0.435. The van der Waals surface area contributed by atoms with Gasteiger partial charge >= 0.3 is 0 Å². The lowest BCUT2D eigenvalue weighted by molar-refractivity contribution is -0.162. The van der Waals surface area contributed by atoms with Crippen molar-refractivity contribution in [2.45, 2.75) is 50.5 Å². The number of methoxy groups -OCH3 is 1. The SMILES string of the molecule is CO[C@@H](C)C(=O)N1N=C(c2cc(F)ccc2F)OC1(CCCNC1C=CCC1)c1ccccc1. The van der Waals surface area contributed by atoms with Crippen LogP contribution in [0, 0.1) is 11.6 Å². The van der Waals surface area contributed by atoms with Gasteiger partial charge in [-0.15, -0.1) is 5.10 Å². The van der Waals surface area contributed by atoms with Crippen molar-refractivity contribution in [1.29, 1.82) is 0 Å². The molecule has 1 amide bonds. The highest BCUT2D eigenvalue weighted by molar-refractivity contribution is 5.97. The summed E-state index contributed by atoms with van der Waals surface area (Å²) >= 11 is 0. The zero-order valence-corrected chi connectivity index (χ0v) is 19.3. The van der Waals surface area contributed by atoms with Crippen molar-refractivity contribution in [3.8, 4) is 0 Å². The first-order valence-electron chi connectivity index (χ1n) is 11.5. The van der Waals surface area contributed by atoms with Crippen molar-refractivity contribution in [1.82, 2.24) is 10.3 Å². The van der Waals surface area contributed by atoms with Crippen LogP contribution in [0.1, 0.15) is 43.7 Å². The number of benzene rings is 2. The summed E-state index contributed by atoms with van der Waals surface area (Å²) in [5.41, 5.74) is -0.787. The van der Waals surface area contributed by atoms with Crippen molar-refractivity contribution in [2.75, 3.05) is 13.7 Å². The number of ether oxygens (including phenoxy) is 2. The first-order valence-corrected chi connectivity index (χ1v) is 11.5. The number of allylic oxidation sites excluding steroid dienone is 1. The summed E-state index contributed by atoms with van der Waals surface area (Å²) in [4.78, 5) is 13.4. The smallest absolute Gasteiger partial charge is 0.275 e. The zero-order valence-electron chi connectivity index (χ0n) is 19.3. The van der Waals surface area contributed by atoms with Gasteiger partial charge in [0.25, 0.3) is 5.91 Å². The minimum Gasteiger partial charge on any atom is -0.443 e. The zero-order chi connectivity index (χ0) is 24.1. The predicted octanol–water partition coefficient (Wildman–Crippen LogP) is 4.46. The predicted molar refractivity (Wildman–Crippen MR) is 125 cm³/mol. The molecule has 2 aromatic rings. The highest BCUT2D eigenvalue weighted by Gasteiger charge is 2.50. The average molecular weight is 470 g/mol. The van der Waals surface area contributed by atoms with Crippen molar-refractivity contribution < 1.29 is 23.0 Å². The molecule has 2 aromatic carbocycles. The van der Waals surface area contributed by atoms with Crippen molar-refractivity contribution in [2.24, 2.45) is 5.10 Å². The van der Waals surface area contributed by atoms with E-state index in [0.717, 1.165) is 31.0 Å². The van der Waals surface area contributed by atoms with E-state index in [1.54, 1.807) is 6.92 Å². The molecule has 0 saturated carbocycles. The van der Waals surface area contributed by atoms with Gasteiger partial charge in [-0.3, -0.25) is 4.79 Å². The molecule has 180 valence electrons. The number of nitrogens with zero attached hydrogens (tertiary/aromatic N) is 2. The molecule has 0 spiro atoms. The fourth-order valence-corrected chi connectivity index (χ4v) is 4.26. The molecule has 1 aliphatic carbocycles. The Morgan fingerprint density at radius 3 is 2.79 bits per heavy atom. The Kier molecular flexibility index (Phi) is 7.38. The molecule has 0 radical (unpaired) electrons. The van der Waals surface area contributed by atoms with Crippen LogP contribution < -0.4 is 5.32 Å². The number of carbonyl (C=O) groups is 1. The van der Waals surface area contributed by atoms with Crippen molar-refractivity contribution in [3.05, 3.63) is 83.4 Å². The van der Waals surface area contributed by atoms with Gasteiger partial charge in [0, 0.05) is 25.1 Å². The van der Waals surface area contributed by atoms with Crippen LogP contribution in [0.15, 0.2) is 65.8 Å². The fourth-order valence-electron chi connectivity index (χ4n) is 4.26. The lowest BCUT2D eigenvalue weighted by Gasteiger charge is -2.36. The minimum atomic E-state index is -1.33. The highest BCUT2D eigenvalue weighted by Crippen LogP contribution is 2.41. The maximum atomic E-state index is 14.6. The Morgan fingerprint density at radius 1 is 1.29 bits per heavy atom. The molecule has 0 fully saturated rings. The molecular weight excluding hydrogens is 440 g/mol. The number of nitrogens with one attached hydrogen (secondary N) is 1. The van der Waals surface area contributed by atoms with Gasteiger partial charge < -0.3 is 14.8 Å². The molecule has 1 heterocycles. The molecule has 2 unspecified atom stereocenters. The van der Waals surface area contributed by atoms with Gasteiger partial charge in [0.15, 0.2) is 0 Å². The van der Waals surface area contributed by atoms with Crippen LogP contribution in [0.2, 0.25) is 0 Å². The van der Waals surface area contributed by atoms with Gasteiger partial charge in [-0.05, 0) is 50.9 Å². The topological polar surface area (TPSA) is 63.2 Å². The van der Waals surface area contributed by atoms with E-state index in [1.165, 1.54) is 12.1 Å². The lowest BCUT2D eigenvalue weighted by atomic mass is 9.95. The Morgan fingerprint density at radius 2 is 2.09 bits per heavy atom. The molecule has 0 bridgehead atoms. The molecule has 2 aliphatic rings. The van der Waals surface area contributed by atoms with Crippen molar-refractivity contribution in [3.63, 3.8) is 0 Å². The van der Waals surface area contributed by atoms with Gasteiger partial charge in [0.1, 0.15) is 17.7 Å². The van der Waals surface area contributed by atoms with E-state index in [-0.39, 0.29) is 11.5 Å². The minimum absolute atomic E-state index is 0.144. The van der Waals surface area contributed by atoms with Gasteiger partial charge in [-0.2, -0.15) is 5.01 Å². The number of rotatable bonds is 9. The van der Waals surface area contributed by atoms with E-state index >= 15 is 0 Å². The summed E-state index contributed by atoms with van der Waals surface area (Å²) in [5.74, 6) is -1.91. The molecule has 0 saturated heterocycles. The maximum absolute atomic E-state index is 14.6. The van der Waals surface area contributed by atoms with Gasteiger partial charge in [0.2, 0.25) is 11.6 Å². The molecule has 0 aromatic heterocycles.